The lowest BCUT2D eigenvalue weighted by Crippen LogP contribution is -2.45. The first-order valence-corrected chi connectivity index (χ1v) is 5.48. The van der Waals surface area contributed by atoms with Gasteiger partial charge in [0, 0.05) is 19.6 Å². The maximum Gasteiger partial charge on any atom is 0.225 e. The number of nitrogens with one attached hydrogen (secondary N) is 1. The minimum absolute atomic E-state index is 0.0458. The van der Waals surface area contributed by atoms with Crippen molar-refractivity contribution in [3.05, 3.63) is 0 Å². The van der Waals surface area contributed by atoms with Crippen molar-refractivity contribution in [3.63, 3.8) is 0 Å². The van der Waals surface area contributed by atoms with Crippen molar-refractivity contribution in [2.75, 3.05) is 39.4 Å². The molecule has 1 unspecified atom stereocenters. The van der Waals surface area contributed by atoms with Crippen LogP contribution in [0.2, 0.25) is 0 Å². The number of amides is 1. The van der Waals surface area contributed by atoms with Crippen LogP contribution in [0.4, 0.5) is 0 Å². The highest BCUT2D eigenvalue weighted by Gasteiger charge is 2.35. The van der Waals surface area contributed by atoms with E-state index in [0.29, 0.717) is 39.3 Å². The van der Waals surface area contributed by atoms with Crippen LogP contribution in [-0.2, 0) is 9.53 Å². The second kappa shape index (κ2) is 4.47. The Morgan fingerprint density at radius 1 is 1.47 bits per heavy atom. The van der Waals surface area contributed by atoms with Gasteiger partial charge in [0.05, 0.1) is 25.2 Å². The summed E-state index contributed by atoms with van der Waals surface area (Å²) in [6.07, 6.45) is 0.906. The summed E-state index contributed by atoms with van der Waals surface area (Å²) in [7, 11) is 0. The summed E-state index contributed by atoms with van der Waals surface area (Å²) < 4.78 is 5.18. The van der Waals surface area contributed by atoms with Gasteiger partial charge in [0.1, 0.15) is 0 Å². The van der Waals surface area contributed by atoms with Gasteiger partial charge in [-0.25, -0.2) is 0 Å². The molecule has 2 aliphatic rings. The van der Waals surface area contributed by atoms with Crippen molar-refractivity contribution in [1.29, 1.82) is 0 Å². The predicted molar refractivity (Wildman–Crippen MR) is 54.5 cm³/mol. The van der Waals surface area contributed by atoms with E-state index in [1.165, 1.54) is 0 Å². The third-order valence-electron chi connectivity index (χ3n) is 3.07. The second-order valence-electron chi connectivity index (χ2n) is 4.32. The Balaban J connectivity index is 1.85. The molecular weight excluding hydrogens is 196 g/mol. The summed E-state index contributed by atoms with van der Waals surface area (Å²) in [6, 6.07) is 0. The number of β-amino-alcohol motifs (C(OH)–C–C–N with tert-alkyl or cyclic N) is 1. The molecule has 1 amide bonds. The topological polar surface area (TPSA) is 61.8 Å². The molecule has 0 aromatic rings. The number of rotatable bonds is 2. The molecule has 2 rings (SSSR count). The fourth-order valence-corrected chi connectivity index (χ4v) is 2.09. The first kappa shape index (κ1) is 10.9. The van der Waals surface area contributed by atoms with Crippen LogP contribution in [0.15, 0.2) is 0 Å². The fourth-order valence-electron chi connectivity index (χ4n) is 2.09. The van der Waals surface area contributed by atoms with E-state index in [4.69, 9.17) is 4.74 Å². The Hall–Kier alpha value is -0.650. The molecule has 5 heteroatoms. The minimum atomic E-state index is -0.824. The van der Waals surface area contributed by atoms with Gasteiger partial charge in [-0.3, -0.25) is 4.79 Å². The van der Waals surface area contributed by atoms with Crippen molar-refractivity contribution in [3.8, 4) is 0 Å². The Kier molecular flexibility index (Phi) is 3.23. The van der Waals surface area contributed by atoms with Crippen molar-refractivity contribution < 1.29 is 14.6 Å². The van der Waals surface area contributed by atoms with Crippen molar-refractivity contribution >= 4 is 5.91 Å². The number of carbonyl (C=O) groups is 1. The molecule has 2 aliphatic heterocycles. The molecule has 0 aliphatic carbocycles. The molecule has 15 heavy (non-hydrogen) atoms. The van der Waals surface area contributed by atoms with Crippen LogP contribution in [0.5, 0.6) is 0 Å². The van der Waals surface area contributed by atoms with Crippen LogP contribution in [0.25, 0.3) is 0 Å². The molecule has 0 aromatic carbocycles. The molecule has 0 radical (unpaired) electrons. The zero-order valence-electron chi connectivity index (χ0n) is 8.87. The molecule has 0 aromatic heterocycles. The monoisotopic (exact) mass is 214 g/mol. The maximum absolute atomic E-state index is 11.8. The molecule has 5 nitrogen and oxygen atoms in total. The van der Waals surface area contributed by atoms with Crippen molar-refractivity contribution in [1.82, 2.24) is 10.2 Å². The van der Waals surface area contributed by atoms with Gasteiger partial charge >= 0.3 is 0 Å². The molecule has 1 atom stereocenters. The summed E-state index contributed by atoms with van der Waals surface area (Å²) in [5, 5.41) is 13.1. The van der Waals surface area contributed by atoms with Gasteiger partial charge in [0.2, 0.25) is 5.91 Å². The summed E-state index contributed by atoms with van der Waals surface area (Å²) in [6.45, 7) is 3.87. The molecule has 0 spiro atoms. The smallest absolute Gasteiger partial charge is 0.225 e. The zero-order chi connectivity index (χ0) is 10.7. The van der Waals surface area contributed by atoms with Gasteiger partial charge in [-0.15, -0.1) is 0 Å². The first-order valence-electron chi connectivity index (χ1n) is 5.48. The quantitative estimate of drug-likeness (QED) is 0.616. The number of morpholine rings is 1. The lowest BCUT2D eigenvalue weighted by atomic mass is 9.98. The SMILES string of the molecule is O=C(CC1(O)CCNC1)N1CCOCC1. The van der Waals surface area contributed by atoms with E-state index < -0.39 is 5.60 Å². The number of hydrogen-bond donors (Lipinski definition) is 2. The predicted octanol–water partition coefficient (Wildman–Crippen LogP) is -1.04. The lowest BCUT2D eigenvalue weighted by Gasteiger charge is -2.30. The molecule has 2 fully saturated rings. The Morgan fingerprint density at radius 3 is 2.80 bits per heavy atom. The third-order valence-corrected chi connectivity index (χ3v) is 3.07. The number of ether oxygens (including phenoxy) is 1. The molecule has 0 bridgehead atoms. The standard InChI is InChI=1S/C10H18N2O3/c13-9(12-3-5-15-6-4-12)7-10(14)1-2-11-8-10/h11,14H,1-8H2. The van der Waals surface area contributed by atoms with Crippen LogP contribution in [-0.4, -0.2) is 60.9 Å². The van der Waals surface area contributed by atoms with Gasteiger partial charge in [-0.2, -0.15) is 0 Å². The molecule has 2 saturated heterocycles. The fraction of sp³-hybridized carbons (Fsp3) is 0.900. The van der Waals surface area contributed by atoms with E-state index in [0.717, 1.165) is 6.54 Å². The highest BCUT2D eigenvalue weighted by Crippen LogP contribution is 2.20. The highest BCUT2D eigenvalue weighted by atomic mass is 16.5. The molecule has 0 saturated carbocycles. The second-order valence-corrected chi connectivity index (χ2v) is 4.32. The van der Waals surface area contributed by atoms with Gasteiger partial charge < -0.3 is 20.1 Å². The van der Waals surface area contributed by atoms with Gasteiger partial charge in [-0.1, -0.05) is 0 Å². The van der Waals surface area contributed by atoms with Gasteiger partial charge in [-0.05, 0) is 13.0 Å². The molecule has 86 valence electrons. The number of aliphatic hydroxyl groups is 1. The van der Waals surface area contributed by atoms with Crippen LogP contribution >= 0.6 is 0 Å². The summed E-state index contributed by atoms with van der Waals surface area (Å²) in [5.41, 5.74) is -0.824. The Labute approximate surface area is 89.4 Å². The van der Waals surface area contributed by atoms with Crippen LogP contribution < -0.4 is 5.32 Å². The van der Waals surface area contributed by atoms with E-state index in [-0.39, 0.29) is 12.3 Å². The summed E-state index contributed by atoms with van der Waals surface area (Å²) in [4.78, 5) is 13.6. The molecule has 2 heterocycles. The van der Waals surface area contributed by atoms with Crippen molar-refractivity contribution in [2.45, 2.75) is 18.4 Å². The van der Waals surface area contributed by atoms with E-state index in [1.807, 2.05) is 0 Å². The van der Waals surface area contributed by atoms with Gasteiger partial charge in [0.15, 0.2) is 0 Å². The van der Waals surface area contributed by atoms with E-state index in [9.17, 15) is 9.90 Å². The van der Waals surface area contributed by atoms with Crippen LogP contribution in [0, 0.1) is 0 Å². The average Bonchev–Trinajstić information content (AvgIpc) is 2.66. The van der Waals surface area contributed by atoms with Gasteiger partial charge in [0.25, 0.3) is 0 Å². The average molecular weight is 214 g/mol. The Morgan fingerprint density at radius 2 is 2.20 bits per heavy atom. The van der Waals surface area contributed by atoms with Crippen LogP contribution in [0.1, 0.15) is 12.8 Å². The number of hydrogen-bond acceptors (Lipinski definition) is 4. The maximum atomic E-state index is 11.8. The largest absolute Gasteiger partial charge is 0.388 e. The molecule has 2 N–H and O–H groups in total. The zero-order valence-corrected chi connectivity index (χ0v) is 8.87. The normalized spacial score (nSPS) is 31.9. The first-order chi connectivity index (χ1) is 7.20. The summed E-state index contributed by atoms with van der Waals surface area (Å²) in [5.74, 6) is 0.0458. The lowest BCUT2D eigenvalue weighted by molar-refractivity contribution is -0.139. The van der Waals surface area contributed by atoms with Crippen LogP contribution in [0.3, 0.4) is 0 Å². The number of nitrogens with zero attached hydrogens (tertiary/aromatic N) is 1. The van der Waals surface area contributed by atoms with Crippen molar-refractivity contribution in [2.24, 2.45) is 0 Å². The Bertz CT molecular complexity index is 233. The minimum Gasteiger partial charge on any atom is -0.388 e. The van der Waals surface area contributed by atoms with E-state index in [2.05, 4.69) is 5.32 Å². The highest BCUT2D eigenvalue weighted by molar-refractivity contribution is 5.77. The number of carbonyl (C=O) groups excluding carboxylic acids is 1. The summed E-state index contributed by atoms with van der Waals surface area (Å²) >= 11 is 0. The van der Waals surface area contributed by atoms with E-state index >= 15 is 0 Å². The van der Waals surface area contributed by atoms with E-state index in [1.54, 1.807) is 4.90 Å². The molecular formula is C10H18N2O3. The third kappa shape index (κ3) is 2.68.